The van der Waals surface area contributed by atoms with E-state index in [9.17, 15) is 0 Å². The van der Waals surface area contributed by atoms with Crippen LogP contribution in [0.1, 0.15) is 26.2 Å². The molecule has 0 aromatic heterocycles. The molecule has 0 bridgehead atoms. The van der Waals surface area contributed by atoms with E-state index in [1.165, 1.54) is 17.6 Å². The first-order valence-electron chi connectivity index (χ1n) is 4.76. The number of ether oxygens (including phenoxy) is 1. The van der Waals surface area contributed by atoms with Crippen LogP contribution in [0.3, 0.4) is 0 Å². The van der Waals surface area contributed by atoms with Crippen molar-refractivity contribution in [1.29, 1.82) is 0 Å². The molecular formula is C12H18O. The van der Waals surface area contributed by atoms with Crippen LogP contribution in [-0.4, -0.2) is 7.11 Å². The highest BCUT2D eigenvalue weighted by Gasteiger charge is 2.18. The molecule has 0 heterocycles. The van der Waals surface area contributed by atoms with E-state index in [1.54, 1.807) is 7.11 Å². The summed E-state index contributed by atoms with van der Waals surface area (Å²) in [6, 6.07) is 0. The summed E-state index contributed by atoms with van der Waals surface area (Å²) in [6.07, 6.45) is 5.38. The van der Waals surface area contributed by atoms with Gasteiger partial charge in [0.1, 0.15) is 5.76 Å². The molecule has 1 aliphatic rings. The molecule has 0 spiro atoms. The average molecular weight is 178 g/mol. The molecule has 0 amide bonds. The average Bonchev–Trinajstić information content (AvgIpc) is 2.16. The molecular weight excluding hydrogens is 160 g/mol. The molecule has 1 atom stereocenters. The Morgan fingerprint density at radius 3 is 2.85 bits per heavy atom. The van der Waals surface area contributed by atoms with Crippen LogP contribution in [0.4, 0.5) is 0 Å². The number of methoxy groups -OCH3 is 1. The summed E-state index contributed by atoms with van der Waals surface area (Å²) in [5.41, 5.74) is 2.57. The van der Waals surface area contributed by atoms with Crippen molar-refractivity contribution in [2.75, 3.05) is 7.11 Å². The topological polar surface area (TPSA) is 9.23 Å². The predicted molar refractivity (Wildman–Crippen MR) is 56.4 cm³/mol. The lowest BCUT2D eigenvalue weighted by Crippen LogP contribution is -2.08. The Balaban J connectivity index is 2.90. The molecule has 0 aromatic rings. The Labute approximate surface area is 80.8 Å². The van der Waals surface area contributed by atoms with E-state index in [2.05, 4.69) is 20.1 Å². The normalized spacial score (nSPS) is 22.8. The van der Waals surface area contributed by atoms with Gasteiger partial charge in [-0.25, -0.2) is 0 Å². The molecule has 0 radical (unpaired) electrons. The Hall–Kier alpha value is -0.980. The fraction of sp³-hybridized carbons (Fsp3) is 0.500. The van der Waals surface area contributed by atoms with Crippen molar-refractivity contribution in [1.82, 2.24) is 0 Å². The van der Waals surface area contributed by atoms with Gasteiger partial charge in [0.25, 0.3) is 0 Å². The minimum Gasteiger partial charge on any atom is -0.497 e. The zero-order valence-corrected chi connectivity index (χ0v) is 8.60. The van der Waals surface area contributed by atoms with Gasteiger partial charge in [-0.2, -0.15) is 0 Å². The van der Waals surface area contributed by atoms with E-state index in [0.29, 0.717) is 0 Å². The molecule has 72 valence electrons. The maximum Gasteiger partial charge on any atom is 0.115 e. The quantitative estimate of drug-likeness (QED) is 0.601. The van der Waals surface area contributed by atoms with E-state index < -0.39 is 0 Å². The number of rotatable bonds is 3. The van der Waals surface area contributed by atoms with Crippen LogP contribution in [0.2, 0.25) is 0 Å². The molecule has 1 rings (SSSR count). The highest BCUT2D eigenvalue weighted by atomic mass is 16.5. The molecule has 0 saturated carbocycles. The van der Waals surface area contributed by atoms with Crippen molar-refractivity contribution >= 4 is 0 Å². The molecule has 1 heteroatoms. The minimum absolute atomic E-state index is 0.741. The number of hydrogen-bond acceptors (Lipinski definition) is 1. The predicted octanol–water partition coefficient (Wildman–Crippen LogP) is 3.45. The van der Waals surface area contributed by atoms with E-state index in [1.807, 2.05) is 6.08 Å². The van der Waals surface area contributed by atoms with Crippen molar-refractivity contribution < 1.29 is 4.74 Å². The first-order chi connectivity index (χ1) is 6.19. The third-order valence-corrected chi connectivity index (χ3v) is 2.68. The van der Waals surface area contributed by atoms with Crippen molar-refractivity contribution in [2.45, 2.75) is 26.2 Å². The van der Waals surface area contributed by atoms with Gasteiger partial charge < -0.3 is 4.74 Å². The minimum atomic E-state index is 0.741. The second-order valence-corrected chi connectivity index (χ2v) is 3.68. The second kappa shape index (κ2) is 4.31. The maximum absolute atomic E-state index is 5.17. The summed E-state index contributed by atoms with van der Waals surface area (Å²) < 4.78 is 5.17. The summed E-state index contributed by atoms with van der Waals surface area (Å²) in [6.45, 7) is 9.99. The summed E-state index contributed by atoms with van der Waals surface area (Å²) in [7, 11) is 1.68. The molecule has 1 unspecified atom stereocenters. The Morgan fingerprint density at radius 2 is 2.31 bits per heavy atom. The highest BCUT2D eigenvalue weighted by molar-refractivity contribution is 5.37. The smallest absolute Gasteiger partial charge is 0.115 e. The first kappa shape index (κ1) is 10.1. The van der Waals surface area contributed by atoms with E-state index >= 15 is 0 Å². The monoisotopic (exact) mass is 178 g/mol. The Morgan fingerprint density at radius 1 is 1.62 bits per heavy atom. The van der Waals surface area contributed by atoms with E-state index in [4.69, 9.17) is 4.74 Å². The fourth-order valence-electron chi connectivity index (χ4n) is 1.78. The van der Waals surface area contributed by atoms with Crippen molar-refractivity contribution in [2.24, 2.45) is 5.92 Å². The molecule has 0 aromatic carbocycles. The summed E-state index contributed by atoms with van der Waals surface area (Å²) >= 11 is 0. The molecule has 0 saturated heterocycles. The van der Waals surface area contributed by atoms with Crippen LogP contribution in [-0.2, 0) is 4.74 Å². The lowest BCUT2D eigenvalue weighted by molar-refractivity contribution is 0.293. The lowest BCUT2D eigenvalue weighted by Gasteiger charge is -2.23. The Kier molecular flexibility index (Phi) is 3.35. The van der Waals surface area contributed by atoms with Gasteiger partial charge in [0.05, 0.1) is 7.11 Å². The van der Waals surface area contributed by atoms with Crippen molar-refractivity contribution in [3.63, 3.8) is 0 Å². The van der Waals surface area contributed by atoms with Crippen LogP contribution >= 0.6 is 0 Å². The lowest BCUT2D eigenvalue weighted by atomic mass is 9.84. The third kappa shape index (κ3) is 2.24. The van der Waals surface area contributed by atoms with Crippen LogP contribution in [0.25, 0.3) is 0 Å². The van der Waals surface area contributed by atoms with Gasteiger partial charge in [0.15, 0.2) is 0 Å². The molecule has 1 aliphatic carbocycles. The van der Waals surface area contributed by atoms with Gasteiger partial charge in [-0.05, 0) is 36.3 Å². The van der Waals surface area contributed by atoms with Gasteiger partial charge in [-0.3, -0.25) is 0 Å². The third-order valence-electron chi connectivity index (χ3n) is 2.68. The van der Waals surface area contributed by atoms with Crippen LogP contribution in [0.5, 0.6) is 0 Å². The first-order valence-corrected chi connectivity index (χ1v) is 4.76. The fourth-order valence-corrected chi connectivity index (χ4v) is 1.78. The summed E-state index contributed by atoms with van der Waals surface area (Å²) in [5.74, 6) is 1.55. The van der Waals surface area contributed by atoms with E-state index in [-0.39, 0.29) is 0 Å². The van der Waals surface area contributed by atoms with Gasteiger partial charge in [0.2, 0.25) is 0 Å². The number of hydrogen-bond donors (Lipinski definition) is 0. The molecule has 0 fully saturated rings. The van der Waals surface area contributed by atoms with Gasteiger partial charge in [0, 0.05) is 0 Å². The zero-order valence-electron chi connectivity index (χ0n) is 8.60. The van der Waals surface area contributed by atoms with Crippen LogP contribution in [0.15, 0.2) is 36.1 Å². The van der Waals surface area contributed by atoms with Gasteiger partial charge in [-0.1, -0.05) is 26.2 Å². The highest BCUT2D eigenvalue weighted by Crippen LogP contribution is 2.33. The molecule has 0 N–H and O–H groups in total. The van der Waals surface area contributed by atoms with Crippen LogP contribution in [0, 0.1) is 5.92 Å². The summed E-state index contributed by atoms with van der Waals surface area (Å²) in [4.78, 5) is 0. The Bertz CT molecular complexity index is 248. The maximum atomic E-state index is 5.17. The van der Waals surface area contributed by atoms with Gasteiger partial charge >= 0.3 is 0 Å². The SMILES string of the molecule is C=CC1=C(C(=C)OC)CC(C)CC1. The summed E-state index contributed by atoms with van der Waals surface area (Å²) in [5, 5.41) is 0. The largest absolute Gasteiger partial charge is 0.497 e. The molecule has 13 heavy (non-hydrogen) atoms. The molecule has 1 nitrogen and oxygen atoms in total. The van der Waals surface area contributed by atoms with Crippen molar-refractivity contribution in [3.8, 4) is 0 Å². The van der Waals surface area contributed by atoms with Gasteiger partial charge in [-0.15, -0.1) is 0 Å². The standard InChI is InChI=1S/C12H18O/c1-5-11-7-6-9(2)8-12(11)10(3)13-4/h5,9H,1,3,6-8H2,2,4H3. The van der Waals surface area contributed by atoms with Crippen LogP contribution < -0.4 is 0 Å². The number of allylic oxidation sites excluding steroid dienone is 3. The second-order valence-electron chi connectivity index (χ2n) is 3.68. The van der Waals surface area contributed by atoms with Crippen molar-refractivity contribution in [3.05, 3.63) is 36.1 Å². The molecule has 0 aliphatic heterocycles. The zero-order chi connectivity index (χ0) is 9.84. The van der Waals surface area contributed by atoms with E-state index in [0.717, 1.165) is 24.5 Å².